The number of amides is 2. The first kappa shape index (κ1) is 25.2. The fourth-order valence-electron chi connectivity index (χ4n) is 3.16. The fourth-order valence-corrected chi connectivity index (χ4v) is 3.89. The van der Waals surface area contributed by atoms with Crippen LogP contribution in [-0.4, -0.2) is 35.9 Å². The summed E-state index contributed by atoms with van der Waals surface area (Å²) >= 11 is 9.56. The van der Waals surface area contributed by atoms with Gasteiger partial charge in [-0.1, -0.05) is 78.1 Å². The van der Waals surface area contributed by atoms with Crippen LogP contribution in [0.4, 0.5) is 0 Å². The molecule has 0 aromatic heterocycles. The zero-order valence-corrected chi connectivity index (χ0v) is 20.8. The second kappa shape index (κ2) is 12.1. The summed E-state index contributed by atoms with van der Waals surface area (Å²) in [5, 5.41) is 3.37. The van der Waals surface area contributed by atoms with E-state index in [2.05, 4.69) is 21.2 Å². The molecule has 0 aliphatic carbocycles. The minimum atomic E-state index is -0.587. The van der Waals surface area contributed by atoms with Gasteiger partial charge in [-0.05, 0) is 43.0 Å². The third-order valence-electron chi connectivity index (χ3n) is 4.75. The molecule has 0 heterocycles. The van der Waals surface area contributed by atoms with Crippen LogP contribution in [0.1, 0.15) is 38.3 Å². The van der Waals surface area contributed by atoms with Crippen molar-refractivity contribution in [1.82, 2.24) is 10.2 Å². The van der Waals surface area contributed by atoms with Gasteiger partial charge in [-0.2, -0.15) is 0 Å². The maximum Gasteiger partial charge on any atom is 0.261 e. The number of aryl methyl sites for hydroxylation is 1. The molecule has 2 rings (SSSR count). The van der Waals surface area contributed by atoms with E-state index in [1.54, 1.807) is 23.1 Å². The molecule has 31 heavy (non-hydrogen) atoms. The maximum atomic E-state index is 13.2. The molecule has 5 nitrogen and oxygen atoms in total. The van der Waals surface area contributed by atoms with Crippen LogP contribution in [0, 0.1) is 12.8 Å². The minimum Gasteiger partial charge on any atom is -0.482 e. The molecule has 1 atom stereocenters. The number of hydrogen-bond acceptors (Lipinski definition) is 3. The second-order valence-electron chi connectivity index (χ2n) is 7.94. The summed E-state index contributed by atoms with van der Waals surface area (Å²) in [4.78, 5) is 27.7. The van der Waals surface area contributed by atoms with E-state index in [9.17, 15) is 9.59 Å². The minimum absolute atomic E-state index is 0.154. The molecule has 0 bridgehead atoms. The van der Waals surface area contributed by atoms with E-state index in [0.717, 1.165) is 15.6 Å². The smallest absolute Gasteiger partial charge is 0.261 e. The SMILES string of the molecule is CC[C@@H](C(=O)NCC(C)C)N(Cc1cccc(C)c1)C(=O)COc1ccc(Br)cc1Cl. The Kier molecular flexibility index (Phi) is 9.85. The van der Waals surface area contributed by atoms with Crippen LogP contribution in [0.15, 0.2) is 46.9 Å². The molecule has 0 fully saturated rings. The molecule has 0 spiro atoms. The lowest BCUT2D eigenvalue weighted by Crippen LogP contribution is -2.50. The molecule has 0 saturated carbocycles. The van der Waals surface area contributed by atoms with Gasteiger partial charge in [-0.3, -0.25) is 9.59 Å². The Bertz CT molecular complexity index is 904. The molecule has 0 aliphatic heterocycles. The number of rotatable bonds is 10. The van der Waals surface area contributed by atoms with Gasteiger partial charge >= 0.3 is 0 Å². The summed E-state index contributed by atoms with van der Waals surface area (Å²) in [5.74, 6) is 0.321. The maximum absolute atomic E-state index is 13.2. The van der Waals surface area contributed by atoms with E-state index < -0.39 is 6.04 Å². The van der Waals surface area contributed by atoms with Crippen LogP contribution in [-0.2, 0) is 16.1 Å². The summed E-state index contributed by atoms with van der Waals surface area (Å²) in [6, 6.07) is 12.5. The highest BCUT2D eigenvalue weighted by molar-refractivity contribution is 9.10. The van der Waals surface area contributed by atoms with Gasteiger partial charge in [-0.25, -0.2) is 0 Å². The van der Waals surface area contributed by atoms with Crippen molar-refractivity contribution in [3.05, 3.63) is 63.1 Å². The Hall–Kier alpha value is -2.05. The third-order valence-corrected chi connectivity index (χ3v) is 5.54. The summed E-state index contributed by atoms with van der Waals surface area (Å²) in [5.41, 5.74) is 2.06. The summed E-state index contributed by atoms with van der Waals surface area (Å²) in [6.07, 6.45) is 0.501. The quantitative estimate of drug-likeness (QED) is 0.468. The molecular formula is C24H30BrClN2O3. The zero-order chi connectivity index (χ0) is 23.0. The Morgan fingerprint density at radius 2 is 1.94 bits per heavy atom. The summed E-state index contributed by atoms with van der Waals surface area (Å²) in [6.45, 7) is 8.66. The predicted molar refractivity (Wildman–Crippen MR) is 128 cm³/mol. The Labute approximate surface area is 198 Å². The molecule has 2 aromatic rings. The van der Waals surface area contributed by atoms with E-state index in [-0.39, 0.29) is 18.4 Å². The van der Waals surface area contributed by atoms with Gasteiger partial charge in [-0.15, -0.1) is 0 Å². The van der Waals surface area contributed by atoms with Crippen LogP contribution in [0.5, 0.6) is 5.75 Å². The Morgan fingerprint density at radius 1 is 1.19 bits per heavy atom. The van der Waals surface area contributed by atoms with Crippen molar-refractivity contribution in [2.24, 2.45) is 5.92 Å². The Balaban J connectivity index is 2.21. The van der Waals surface area contributed by atoms with E-state index in [1.807, 2.05) is 52.0 Å². The summed E-state index contributed by atoms with van der Waals surface area (Å²) in [7, 11) is 0. The Morgan fingerprint density at radius 3 is 2.55 bits per heavy atom. The lowest BCUT2D eigenvalue weighted by molar-refractivity contribution is -0.143. The molecule has 7 heteroatoms. The number of hydrogen-bond donors (Lipinski definition) is 1. The van der Waals surface area contributed by atoms with E-state index >= 15 is 0 Å². The van der Waals surface area contributed by atoms with Gasteiger partial charge in [0.05, 0.1) is 5.02 Å². The van der Waals surface area contributed by atoms with Gasteiger partial charge in [0.1, 0.15) is 11.8 Å². The fraction of sp³-hybridized carbons (Fsp3) is 0.417. The van der Waals surface area contributed by atoms with E-state index in [1.165, 1.54) is 0 Å². The highest BCUT2D eigenvalue weighted by atomic mass is 79.9. The molecule has 1 N–H and O–H groups in total. The number of halogens is 2. The van der Waals surface area contributed by atoms with Crippen molar-refractivity contribution >= 4 is 39.3 Å². The monoisotopic (exact) mass is 508 g/mol. The molecule has 2 aromatic carbocycles. The van der Waals surface area contributed by atoms with Gasteiger partial charge in [0, 0.05) is 17.6 Å². The first-order valence-corrected chi connectivity index (χ1v) is 11.6. The number of carbonyl (C=O) groups excluding carboxylic acids is 2. The lowest BCUT2D eigenvalue weighted by Gasteiger charge is -2.31. The third kappa shape index (κ3) is 7.86. The first-order valence-electron chi connectivity index (χ1n) is 10.4. The van der Waals surface area contributed by atoms with Crippen molar-refractivity contribution in [3.63, 3.8) is 0 Å². The standard InChI is InChI=1S/C24H30BrClN2O3/c1-5-21(24(30)27-13-16(2)3)28(14-18-8-6-7-17(4)11-18)23(29)15-31-22-10-9-19(25)12-20(22)26/h6-12,16,21H,5,13-15H2,1-4H3,(H,27,30)/t21-/m0/s1. The molecule has 0 aliphatic rings. The molecule has 168 valence electrons. The average Bonchev–Trinajstić information content (AvgIpc) is 2.71. The second-order valence-corrected chi connectivity index (χ2v) is 9.26. The average molecular weight is 510 g/mol. The van der Waals surface area contributed by atoms with Crippen molar-refractivity contribution in [2.75, 3.05) is 13.2 Å². The van der Waals surface area contributed by atoms with Gasteiger partial charge < -0.3 is 15.0 Å². The van der Waals surface area contributed by atoms with Crippen molar-refractivity contribution < 1.29 is 14.3 Å². The first-order chi connectivity index (χ1) is 14.7. The number of ether oxygens (including phenoxy) is 1. The highest BCUT2D eigenvalue weighted by Gasteiger charge is 2.29. The number of benzene rings is 2. The van der Waals surface area contributed by atoms with Crippen molar-refractivity contribution in [1.29, 1.82) is 0 Å². The van der Waals surface area contributed by atoms with Gasteiger partial charge in [0.25, 0.3) is 5.91 Å². The van der Waals surface area contributed by atoms with Crippen molar-refractivity contribution in [2.45, 2.75) is 46.7 Å². The number of carbonyl (C=O) groups is 2. The molecule has 0 radical (unpaired) electrons. The van der Waals surface area contributed by atoms with Gasteiger partial charge in [0.2, 0.25) is 5.91 Å². The molecule has 0 unspecified atom stereocenters. The predicted octanol–water partition coefficient (Wildman–Crippen LogP) is 5.37. The number of nitrogens with one attached hydrogen (secondary N) is 1. The topological polar surface area (TPSA) is 58.6 Å². The van der Waals surface area contributed by atoms with Crippen LogP contribution >= 0.6 is 27.5 Å². The molecule has 2 amide bonds. The van der Waals surface area contributed by atoms with Crippen LogP contribution in [0.2, 0.25) is 5.02 Å². The van der Waals surface area contributed by atoms with Crippen LogP contribution in [0.25, 0.3) is 0 Å². The highest BCUT2D eigenvalue weighted by Crippen LogP contribution is 2.28. The van der Waals surface area contributed by atoms with Crippen molar-refractivity contribution in [3.8, 4) is 5.75 Å². The van der Waals surface area contributed by atoms with Crippen LogP contribution < -0.4 is 10.1 Å². The van der Waals surface area contributed by atoms with E-state index in [0.29, 0.717) is 36.2 Å². The zero-order valence-electron chi connectivity index (χ0n) is 18.5. The normalized spacial score (nSPS) is 11.8. The molecular weight excluding hydrogens is 480 g/mol. The largest absolute Gasteiger partial charge is 0.482 e. The molecule has 0 saturated heterocycles. The van der Waals surface area contributed by atoms with Gasteiger partial charge in [0.15, 0.2) is 6.61 Å². The summed E-state index contributed by atoms with van der Waals surface area (Å²) < 4.78 is 6.52. The van der Waals surface area contributed by atoms with E-state index in [4.69, 9.17) is 16.3 Å². The van der Waals surface area contributed by atoms with Crippen LogP contribution in [0.3, 0.4) is 0 Å². The lowest BCUT2D eigenvalue weighted by atomic mass is 10.1. The number of nitrogens with zero attached hydrogens (tertiary/aromatic N) is 1.